The Balaban J connectivity index is 0. The molecule has 8 nitrogen and oxygen atoms in total. The molecule has 0 saturated carbocycles. The molecule has 2 N–H and O–H groups in total. The average molecular weight is 400 g/mol. The lowest BCUT2D eigenvalue weighted by molar-refractivity contribution is -0.140. The number of carboxylic acids is 2. The van der Waals surface area contributed by atoms with Gasteiger partial charge in [-0.05, 0) is 12.8 Å². The second-order valence-electron chi connectivity index (χ2n) is 5.80. The molecule has 0 aromatic carbocycles. The Hall–Kier alpha value is -2.64. The first kappa shape index (κ1) is 27.6. The van der Waals surface area contributed by atoms with Crippen LogP contribution in [0, 0.1) is 0 Å². The lowest BCUT2D eigenvalue weighted by atomic mass is 10.2. The summed E-state index contributed by atoms with van der Waals surface area (Å²) in [6, 6.07) is 0. The van der Waals surface area contributed by atoms with Crippen molar-refractivity contribution in [3.05, 3.63) is 24.3 Å². The topological polar surface area (TPSA) is 127 Å². The third kappa shape index (κ3) is 25.6. The van der Waals surface area contributed by atoms with Crippen LogP contribution in [-0.4, -0.2) is 47.3 Å². The van der Waals surface area contributed by atoms with E-state index in [4.69, 9.17) is 19.7 Å². The van der Waals surface area contributed by atoms with E-state index in [1.54, 1.807) is 0 Å². The molecule has 0 aliphatic rings. The van der Waals surface area contributed by atoms with E-state index in [2.05, 4.69) is 13.8 Å². The van der Waals surface area contributed by atoms with Gasteiger partial charge in [0.25, 0.3) is 0 Å². The van der Waals surface area contributed by atoms with E-state index in [9.17, 15) is 19.2 Å². The first-order valence-corrected chi connectivity index (χ1v) is 9.48. The lowest BCUT2D eigenvalue weighted by Gasteiger charge is -2.02. The summed E-state index contributed by atoms with van der Waals surface area (Å²) in [4.78, 5) is 41.7. The molecule has 8 heteroatoms. The third-order valence-electron chi connectivity index (χ3n) is 3.21. The quantitative estimate of drug-likeness (QED) is 0.258. The van der Waals surface area contributed by atoms with Crippen molar-refractivity contribution in [2.24, 2.45) is 0 Å². The van der Waals surface area contributed by atoms with E-state index >= 15 is 0 Å². The van der Waals surface area contributed by atoms with Gasteiger partial charge in [-0.15, -0.1) is 0 Å². The van der Waals surface area contributed by atoms with Crippen LogP contribution in [0.15, 0.2) is 24.3 Å². The first-order chi connectivity index (χ1) is 13.3. The predicted octanol–water partition coefficient (Wildman–Crippen LogP) is 3.50. The van der Waals surface area contributed by atoms with Crippen LogP contribution in [0.1, 0.15) is 65.2 Å². The molecule has 0 aliphatic carbocycles. The van der Waals surface area contributed by atoms with Crippen LogP contribution in [0.2, 0.25) is 0 Å². The van der Waals surface area contributed by atoms with Crippen LogP contribution in [0.25, 0.3) is 0 Å². The van der Waals surface area contributed by atoms with Gasteiger partial charge < -0.3 is 19.7 Å². The summed E-state index contributed by atoms with van der Waals surface area (Å²) in [5.41, 5.74) is 0. The zero-order valence-electron chi connectivity index (χ0n) is 16.7. The van der Waals surface area contributed by atoms with Crippen molar-refractivity contribution in [2.75, 3.05) is 13.2 Å². The Labute approximate surface area is 166 Å². The minimum Gasteiger partial charge on any atom is -0.478 e. The van der Waals surface area contributed by atoms with Crippen molar-refractivity contribution >= 4 is 23.9 Å². The number of unbranched alkanes of at least 4 members (excludes halogenated alkanes) is 6. The standard InChI is InChI=1S/C16H28O4.C4H4O4/c1-3-5-7-9-13-19-15(17)11-12-16(18)20-14-10-8-6-4-2;5-3(6)1-2-4(7)8/h11-12H,3-10,13-14H2,1-2H3;1-2H,(H,5,6)(H,7,8)/b12-11-;2-1-. The number of carboxylic acid groups (broad SMARTS) is 2. The fourth-order valence-corrected chi connectivity index (χ4v) is 1.78. The van der Waals surface area contributed by atoms with E-state index in [1.807, 2.05) is 0 Å². The SMILES string of the molecule is CCCCCCOC(=O)/C=C\C(=O)OCCCCCC.O=C(O)/C=C\C(=O)O. The van der Waals surface area contributed by atoms with Crippen LogP contribution in [0.3, 0.4) is 0 Å². The molecule has 0 radical (unpaired) electrons. The number of carbonyl (C=O) groups is 4. The number of rotatable bonds is 14. The predicted molar refractivity (Wildman–Crippen MR) is 104 cm³/mol. The molecule has 0 atom stereocenters. The molecule has 0 heterocycles. The largest absolute Gasteiger partial charge is 0.478 e. The minimum absolute atomic E-state index is 0.412. The Morgan fingerprint density at radius 1 is 0.607 bits per heavy atom. The minimum atomic E-state index is -1.26. The molecule has 0 aromatic heterocycles. The van der Waals surface area contributed by atoms with E-state index in [-0.39, 0.29) is 0 Å². The summed E-state index contributed by atoms with van der Waals surface area (Å²) >= 11 is 0. The third-order valence-corrected chi connectivity index (χ3v) is 3.21. The van der Waals surface area contributed by atoms with Gasteiger partial charge >= 0.3 is 23.9 Å². The summed E-state index contributed by atoms with van der Waals surface area (Å²) in [5.74, 6) is -3.48. The fraction of sp³-hybridized carbons (Fsp3) is 0.600. The van der Waals surface area contributed by atoms with Gasteiger partial charge in [-0.25, -0.2) is 19.2 Å². The number of aliphatic carboxylic acids is 2. The maximum atomic E-state index is 11.3. The second-order valence-corrected chi connectivity index (χ2v) is 5.80. The van der Waals surface area contributed by atoms with Gasteiger partial charge in [-0.2, -0.15) is 0 Å². The molecule has 0 saturated heterocycles. The Kier molecular flexibility index (Phi) is 20.4. The number of esters is 2. The van der Waals surface area contributed by atoms with E-state index in [0.29, 0.717) is 25.4 Å². The maximum Gasteiger partial charge on any atom is 0.331 e. The molecule has 0 spiro atoms. The molecule has 0 amide bonds. The van der Waals surface area contributed by atoms with Gasteiger partial charge in [0.15, 0.2) is 0 Å². The summed E-state index contributed by atoms with van der Waals surface area (Å²) < 4.78 is 9.93. The van der Waals surface area contributed by atoms with Crippen LogP contribution in [-0.2, 0) is 28.7 Å². The highest BCUT2D eigenvalue weighted by Crippen LogP contribution is 2.00. The van der Waals surface area contributed by atoms with Crippen molar-refractivity contribution in [1.82, 2.24) is 0 Å². The molecule has 28 heavy (non-hydrogen) atoms. The second kappa shape index (κ2) is 20.7. The smallest absolute Gasteiger partial charge is 0.331 e. The molecule has 0 aromatic rings. The maximum absolute atomic E-state index is 11.3. The molecule has 160 valence electrons. The molecule has 0 unspecified atom stereocenters. The van der Waals surface area contributed by atoms with Crippen molar-refractivity contribution in [2.45, 2.75) is 65.2 Å². The highest BCUT2D eigenvalue weighted by atomic mass is 16.5. The molecule has 0 rings (SSSR count). The number of carbonyl (C=O) groups excluding carboxylic acids is 2. The molecule has 0 bridgehead atoms. The van der Waals surface area contributed by atoms with Crippen LogP contribution < -0.4 is 0 Å². The Bertz CT molecular complexity index is 464. The molecular formula is C20H32O8. The Morgan fingerprint density at radius 2 is 0.964 bits per heavy atom. The van der Waals surface area contributed by atoms with Crippen LogP contribution >= 0.6 is 0 Å². The Morgan fingerprint density at radius 3 is 1.25 bits per heavy atom. The van der Waals surface area contributed by atoms with Crippen molar-refractivity contribution in [3.8, 4) is 0 Å². The van der Waals surface area contributed by atoms with Crippen molar-refractivity contribution < 1.29 is 38.9 Å². The lowest BCUT2D eigenvalue weighted by Crippen LogP contribution is -2.06. The van der Waals surface area contributed by atoms with E-state index in [1.165, 1.54) is 0 Å². The molecule has 0 aliphatic heterocycles. The van der Waals surface area contributed by atoms with E-state index in [0.717, 1.165) is 63.5 Å². The van der Waals surface area contributed by atoms with Gasteiger partial charge in [-0.1, -0.05) is 52.4 Å². The van der Waals surface area contributed by atoms with Crippen molar-refractivity contribution in [3.63, 3.8) is 0 Å². The zero-order chi connectivity index (χ0) is 21.6. The summed E-state index contributed by atoms with van der Waals surface area (Å²) in [6.07, 6.45) is 11.9. The van der Waals surface area contributed by atoms with Gasteiger partial charge in [0.1, 0.15) is 0 Å². The van der Waals surface area contributed by atoms with Gasteiger partial charge in [0, 0.05) is 24.3 Å². The summed E-state index contributed by atoms with van der Waals surface area (Å²) in [5, 5.41) is 15.6. The van der Waals surface area contributed by atoms with Gasteiger partial charge in [0.2, 0.25) is 0 Å². The molecule has 0 fully saturated rings. The number of hydrogen-bond donors (Lipinski definition) is 2. The van der Waals surface area contributed by atoms with Crippen LogP contribution in [0.5, 0.6) is 0 Å². The van der Waals surface area contributed by atoms with Gasteiger partial charge in [0.05, 0.1) is 13.2 Å². The highest BCUT2D eigenvalue weighted by molar-refractivity contribution is 5.91. The monoisotopic (exact) mass is 400 g/mol. The van der Waals surface area contributed by atoms with Crippen LogP contribution in [0.4, 0.5) is 0 Å². The fourth-order valence-electron chi connectivity index (χ4n) is 1.78. The normalized spacial score (nSPS) is 10.4. The zero-order valence-corrected chi connectivity index (χ0v) is 16.7. The average Bonchev–Trinajstić information content (AvgIpc) is 2.65. The highest BCUT2D eigenvalue weighted by Gasteiger charge is 2.01. The number of ether oxygens (including phenoxy) is 2. The van der Waals surface area contributed by atoms with Crippen molar-refractivity contribution in [1.29, 1.82) is 0 Å². The molecular weight excluding hydrogens is 368 g/mol. The summed E-state index contributed by atoms with van der Waals surface area (Å²) in [7, 11) is 0. The van der Waals surface area contributed by atoms with Gasteiger partial charge in [-0.3, -0.25) is 0 Å². The van der Waals surface area contributed by atoms with E-state index < -0.39 is 23.9 Å². The first-order valence-electron chi connectivity index (χ1n) is 9.48. The summed E-state index contributed by atoms with van der Waals surface area (Å²) in [6.45, 7) is 5.08. The number of hydrogen-bond acceptors (Lipinski definition) is 6.